The van der Waals surface area contributed by atoms with Gasteiger partial charge in [0.15, 0.2) is 5.60 Å². The van der Waals surface area contributed by atoms with Crippen LogP contribution in [0.4, 0.5) is 11.4 Å². The van der Waals surface area contributed by atoms with Crippen LogP contribution in [-0.4, -0.2) is 11.5 Å². The normalized spacial score (nSPS) is 11.2. The monoisotopic (exact) mass is 376 g/mol. The van der Waals surface area contributed by atoms with E-state index >= 15 is 0 Å². The van der Waals surface area contributed by atoms with Crippen LogP contribution in [0.15, 0.2) is 40.9 Å². The van der Waals surface area contributed by atoms with Crippen LogP contribution >= 0.6 is 15.9 Å². The van der Waals surface area contributed by atoms with Crippen LogP contribution in [0.2, 0.25) is 0 Å². The minimum absolute atomic E-state index is 0.212. The lowest BCUT2D eigenvalue weighted by Crippen LogP contribution is -2.42. The molecule has 0 spiro atoms. The third-order valence-corrected chi connectivity index (χ3v) is 4.06. The molecule has 0 aliphatic rings. The van der Waals surface area contributed by atoms with Gasteiger partial charge in [0.05, 0.1) is 0 Å². The van der Waals surface area contributed by atoms with Crippen LogP contribution in [0, 0.1) is 13.8 Å². The molecule has 0 aromatic heterocycles. The number of nitrogens with one attached hydrogen (secondary N) is 1. The fourth-order valence-electron chi connectivity index (χ4n) is 2.30. The van der Waals surface area contributed by atoms with E-state index in [0.717, 1.165) is 21.3 Å². The third kappa shape index (κ3) is 4.26. The van der Waals surface area contributed by atoms with Gasteiger partial charge < -0.3 is 15.8 Å². The van der Waals surface area contributed by atoms with Gasteiger partial charge in [0.1, 0.15) is 5.75 Å². The highest BCUT2D eigenvalue weighted by Gasteiger charge is 2.30. The van der Waals surface area contributed by atoms with Crippen LogP contribution in [0.3, 0.4) is 0 Å². The second kappa shape index (κ2) is 6.62. The van der Waals surface area contributed by atoms with Gasteiger partial charge in [0, 0.05) is 15.8 Å². The van der Waals surface area contributed by atoms with Crippen molar-refractivity contribution in [1.29, 1.82) is 0 Å². The second-order valence-electron chi connectivity index (χ2n) is 6.05. The van der Waals surface area contributed by atoms with Crippen molar-refractivity contribution in [2.75, 3.05) is 11.1 Å². The summed E-state index contributed by atoms with van der Waals surface area (Å²) < 4.78 is 6.80. The predicted molar refractivity (Wildman–Crippen MR) is 97.8 cm³/mol. The number of anilines is 2. The zero-order valence-corrected chi connectivity index (χ0v) is 15.3. The Morgan fingerprint density at radius 3 is 2.17 bits per heavy atom. The molecule has 3 N–H and O–H groups in total. The molecule has 0 atom stereocenters. The van der Waals surface area contributed by atoms with Gasteiger partial charge in [-0.3, -0.25) is 4.79 Å². The summed E-state index contributed by atoms with van der Waals surface area (Å²) in [5.74, 6) is 0.426. The van der Waals surface area contributed by atoms with E-state index < -0.39 is 5.60 Å². The van der Waals surface area contributed by atoms with Crippen molar-refractivity contribution in [1.82, 2.24) is 0 Å². The number of hydrogen-bond donors (Lipinski definition) is 2. The molecule has 2 rings (SSSR count). The van der Waals surface area contributed by atoms with Crippen molar-refractivity contribution in [3.05, 3.63) is 52.0 Å². The summed E-state index contributed by atoms with van der Waals surface area (Å²) in [7, 11) is 0. The lowest BCUT2D eigenvalue weighted by molar-refractivity contribution is -0.128. The molecule has 1 amide bonds. The maximum Gasteiger partial charge on any atom is 0.267 e. The zero-order chi connectivity index (χ0) is 17.2. The molecular weight excluding hydrogens is 356 g/mol. The number of nitrogen functional groups attached to an aromatic ring is 1. The third-order valence-electron chi connectivity index (χ3n) is 3.53. The van der Waals surface area contributed by atoms with Crippen molar-refractivity contribution < 1.29 is 9.53 Å². The number of hydrogen-bond acceptors (Lipinski definition) is 3. The van der Waals surface area contributed by atoms with E-state index in [-0.39, 0.29) is 5.91 Å². The van der Waals surface area contributed by atoms with E-state index in [1.807, 2.05) is 50.2 Å². The average molecular weight is 377 g/mol. The van der Waals surface area contributed by atoms with Crippen molar-refractivity contribution >= 4 is 33.2 Å². The Kier molecular flexibility index (Phi) is 5.00. The molecule has 0 aliphatic heterocycles. The van der Waals surface area contributed by atoms with Crippen LogP contribution in [0.5, 0.6) is 5.75 Å². The first-order valence-corrected chi connectivity index (χ1v) is 8.11. The van der Waals surface area contributed by atoms with E-state index in [1.54, 1.807) is 13.8 Å². The number of ether oxygens (including phenoxy) is 1. The lowest BCUT2D eigenvalue weighted by atomic mass is 10.0. The maximum atomic E-state index is 12.6. The molecule has 0 fully saturated rings. The molecular formula is C18H21BrN2O2. The molecule has 4 nitrogen and oxygen atoms in total. The molecule has 0 unspecified atom stereocenters. The number of nitrogens with two attached hydrogens (primary N) is 1. The van der Waals surface area contributed by atoms with Gasteiger partial charge in [-0.2, -0.15) is 0 Å². The molecule has 2 aromatic carbocycles. The second-order valence-corrected chi connectivity index (χ2v) is 6.97. The molecule has 0 saturated carbocycles. The van der Waals surface area contributed by atoms with Crippen molar-refractivity contribution in [3.63, 3.8) is 0 Å². The summed E-state index contributed by atoms with van der Waals surface area (Å²) in [5, 5.41) is 2.95. The Morgan fingerprint density at radius 1 is 1.13 bits per heavy atom. The van der Waals surface area contributed by atoms with Gasteiger partial charge in [-0.15, -0.1) is 0 Å². The van der Waals surface area contributed by atoms with Crippen molar-refractivity contribution in [2.24, 2.45) is 0 Å². The number of aryl methyl sites for hydroxylation is 2. The van der Waals surface area contributed by atoms with Crippen molar-refractivity contribution in [3.8, 4) is 5.75 Å². The number of amides is 1. The van der Waals surface area contributed by atoms with E-state index in [9.17, 15) is 4.79 Å². The first-order valence-electron chi connectivity index (χ1n) is 7.32. The fraction of sp³-hybridized carbons (Fsp3) is 0.278. The van der Waals surface area contributed by atoms with E-state index in [4.69, 9.17) is 10.5 Å². The summed E-state index contributed by atoms with van der Waals surface area (Å²) in [5.41, 5.74) is 8.12. The van der Waals surface area contributed by atoms with Crippen LogP contribution in [-0.2, 0) is 4.79 Å². The zero-order valence-electron chi connectivity index (χ0n) is 13.7. The lowest BCUT2D eigenvalue weighted by Gasteiger charge is -2.26. The standard InChI is InChI=1S/C18H21BrN2O2/c1-11-9-14(20)10-12(2)16(11)21-17(22)18(3,4)23-15-7-5-13(19)6-8-15/h5-10H,20H2,1-4H3,(H,21,22). The molecule has 0 radical (unpaired) electrons. The minimum atomic E-state index is -1.01. The van der Waals surface area contributed by atoms with Gasteiger partial charge in [-0.05, 0) is 75.2 Å². The van der Waals surface area contributed by atoms with Crippen LogP contribution in [0.25, 0.3) is 0 Å². The number of benzene rings is 2. The Bertz CT molecular complexity index is 701. The molecule has 5 heteroatoms. The van der Waals surface area contributed by atoms with Gasteiger partial charge in [0.25, 0.3) is 5.91 Å². The number of carbonyl (C=O) groups excluding carboxylic acids is 1. The molecule has 23 heavy (non-hydrogen) atoms. The minimum Gasteiger partial charge on any atom is -0.478 e. The SMILES string of the molecule is Cc1cc(N)cc(C)c1NC(=O)C(C)(C)Oc1ccc(Br)cc1. The summed E-state index contributed by atoms with van der Waals surface area (Å²) in [6, 6.07) is 11.1. The smallest absolute Gasteiger partial charge is 0.267 e. The Hall–Kier alpha value is -2.01. The van der Waals surface area contributed by atoms with Gasteiger partial charge in [-0.25, -0.2) is 0 Å². The summed E-state index contributed by atoms with van der Waals surface area (Å²) in [4.78, 5) is 12.6. The highest BCUT2D eigenvalue weighted by Crippen LogP contribution is 2.26. The Labute approximate surface area is 145 Å². The van der Waals surface area contributed by atoms with Gasteiger partial charge in [-0.1, -0.05) is 15.9 Å². The summed E-state index contributed by atoms with van der Waals surface area (Å²) >= 11 is 3.37. The highest BCUT2D eigenvalue weighted by atomic mass is 79.9. The van der Waals surface area contributed by atoms with Crippen LogP contribution < -0.4 is 15.8 Å². The highest BCUT2D eigenvalue weighted by molar-refractivity contribution is 9.10. The predicted octanol–water partition coefficient (Wildman–Crippen LogP) is 4.44. The molecule has 0 aliphatic carbocycles. The first kappa shape index (κ1) is 17.3. The number of carbonyl (C=O) groups is 1. The van der Waals surface area contributed by atoms with Gasteiger partial charge >= 0.3 is 0 Å². The van der Waals surface area contributed by atoms with E-state index in [0.29, 0.717) is 11.4 Å². The quantitative estimate of drug-likeness (QED) is 0.774. The number of rotatable bonds is 4. The topological polar surface area (TPSA) is 64.3 Å². The average Bonchev–Trinajstić information content (AvgIpc) is 2.44. The van der Waals surface area contributed by atoms with Gasteiger partial charge in [0.2, 0.25) is 0 Å². The van der Waals surface area contributed by atoms with E-state index in [2.05, 4.69) is 21.2 Å². The van der Waals surface area contributed by atoms with E-state index in [1.165, 1.54) is 0 Å². The number of halogens is 1. The Balaban J connectivity index is 2.17. The molecule has 2 aromatic rings. The molecule has 122 valence electrons. The summed E-state index contributed by atoms with van der Waals surface area (Å²) in [6.07, 6.45) is 0. The molecule has 0 heterocycles. The fourth-order valence-corrected chi connectivity index (χ4v) is 2.57. The maximum absolute atomic E-state index is 12.6. The first-order chi connectivity index (χ1) is 10.7. The molecule has 0 saturated heterocycles. The van der Waals surface area contributed by atoms with Crippen LogP contribution in [0.1, 0.15) is 25.0 Å². The Morgan fingerprint density at radius 2 is 1.65 bits per heavy atom. The largest absolute Gasteiger partial charge is 0.478 e. The van der Waals surface area contributed by atoms with Crippen molar-refractivity contribution in [2.45, 2.75) is 33.3 Å². The summed E-state index contributed by atoms with van der Waals surface area (Å²) in [6.45, 7) is 7.32. The molecule has 0 bridgehead atoms.